The first-order chi connectivity index (χ1) is 13.5. The first-order valence-electron chi connectivity index (χ1n) is 9.67. The molecule has 0 saturated heterocycles. The molecule has 2 aromatic rings. The number of hydrogen-bond donors (Lipinski definition) is 2. The van der Waals surface area contributed by atoms with Crippen molar-refractivity contribution in [2.24, 2.45) is 4.99 Å². The molecular formula is C19H31IN6O2S. The predicted molar refractivity (Wildman–Crippen MR) is 127 cm³/mol. The van der Waals surface area contributed by atoms with Gasteiger partial charge in [0.25, 0.3) is 0 Å². The summed E-state index contributed by atoms with van der Waals surface area (Å²) in [6.45, 7) is 6.66. The van der Waals surface area contributed by atoms with Crippen LogP contribution in [0.15, 0.2) is 41.7 Å². The SMILES string of the molecule is CCNC(=NCCCS(=O)(=O)Cc1ccccc1)NCCn1cnnc1CC.I. The normalized spacial score (nSPS) is 11.7. The number of aliphatic imine (C=N–C) groups is 1. The Morgan fingerprint density at radius 2 is 1.93 bits per heavy atom. The fourth-order valence-corrected chi connectivity index (χ4v) is 4.17. The maximum absolute atomic E-state index is 12.2. The van der Waals surface area contributed by atoms with Crippen LogP contribution in [0.1, 0.15) is 31.7 Å². The van der Waals surface area contributed by atoms with Crippen molar-refractivity contribution in [2.75, 3.05) is 25.4 Å². The Kier molecular flexibility index (Phi) is 11.8. The number of rotatable bonds is 11. The van der Waals surface area contributed by atoms with E-state index in [0.29, 0.717) is 25.5 Å². The lowest BCUT2D eigenvalue weighted by molar-refractivity contribution is 0.592. The van der Waals surface area contributed by atoms with E-state index in [4.69, 9.17) is 0 Å². The van der Waals surface area contributed by atoms with Crippen molar-refractivity contribution in [3.63, 3.8) is 0 Å². The summed E-state index contributed by atoms with van der Waals surface area (Å²) in [5, 5.41) is 14.4. The molecule has 29 heavy (non-hydrogen) atoms. The van der Waals surface area contributed by atoms with E-state index < -0.39 is 9.84 Å². The summed E-state index contributed by atoms with van der Waals surface area (Å²) < 4.78 is 26.5. The lowest BCUT2D eigenvalue weighted by Crippen LogP contribution is -2.39. The van der Waals surface area contributed by atoms with Crippen LogP contribution < -0.4 is 10.6 Å². The lowest BCUT2D eigenvalue weighted by Gasteiger charge is -2.12. The maximum atomic E-state index is 12.2. The molecule has 0 aliphatic rings. The third-order valence-electron chi connectivity index (χ3n) is 4.11. The van der Waals surface area contributed by atoms with E-state index in [0.717, 1.165) is 30.9 Å². The fourth-order valence-electron chi connectivity index (χ4n) is 2.75. The number of aromatic nitrogens is 3. The van der Waals surface area contributed by atoms with Gasteiger partial charge >= 0.3 is 0 Å². The molecule has 1 heterocycles. The number of nitrogens with zero attached hydrogens (tertiary/aromatic N) is 4. The number of guanidine groups is 1. The van der Waals surface area contributed by atoms with Crippen LogP contribution in [0.3, 0.4) is 0 Å². The molecule has 0 bridgehead atoms. The Morgan fingerprint density at radius 1 is 1.17 bits per heavy atom. The van der Waals surface area contributed by atoms with Crippen LogP contribution in [-0.2, 0) is 28.6 Å². The quantitative estimate of drug-likeness (QED) is 0.198. The second kappa shape index (κ2) is 13.5. The fraction of sp³-hybridized carbons (Fsp3) is 0.526. The Labute approximate surface area is 190 Å². The van der Waals surface area contributed by atoms with E-state index in [9.17, 15) is 8.42 Å². The first-order valence-corrected chi connectivity index (χ1v) is 11.5. The summed E-state index contributed by atoms with van der Waals surface area (Å²) in [4.78, 5) is 4.47. The molecule has 162 valence electrons. The van der Waals surface area contributed by atoms with Crippen LogP contribution in [0.4, 0.5) is 0 Å². The largest absolute Gasteiger partial charge is 0.357 e. The molecule has 0 amide bonds. The number of hydrogen-bond acceptors (Lipinski definition) is 5. The van der Waals surface area contributed by atoms with E-state index in [1.165, 1.54) is 0 Å². The van der Waals surface area contributed by atoms with Gasteiger partial charge in [0, 0.05) is 32.6 Å². The molecule has 0 atom stereocenters. The molecule has 0 unspecified atom stereocenters. The highest BCUT2D eigenvalue weighted by atomic mass is 127. The van der Waals surface area contributed by atoms with E-state index in [1.54, 1.807) is 6.33 Å². The van der Waals surface area contributed by atoms with Gasteiger partial charge in [0.05, 0.1) is 11.5 Å². The molecule has 0 aliphatic heterocycles. The van der Waals surface area contributed by atoms with E-state index in [-0.39, 0.29) is 35.5 Å². The molecule has 0 radical (unpaired) electrons. The van der Waals surface area contributed by atoms with Gasteiger partial charge < -0.3 is 15.2 Å². The topological polar surface area (TPSA) is 101 Å². The second-order valence-electron chi connectivity index (χ2n) is 6.41. The smallest absolute Gasteiger partial charge is 0.191 e. The number of halogens is 1. The third kappa shape index (κ3) is 9.57. The Morgan fingerprint density at radius 3 is 2.62 bits per heavy atom. The molecule has 8 nitrogen and oxygen atoms in total. The van der Waals surface area contributed by atoms with Crippen LogP contribution in [0, 0.1) is 0 Å². The van der Waals surface area contributed by atoms with Crippen molar-refractivity contribution in [3.8, 4) is 0 Å². The molecule has 2 N–H and O–H groups in total. The molecule has 0 fully saturated rings. The van der Waals surface area contributed by atoms with Crippen LogP contribution in [-0.4, -0.2) is 54.5 Å². The van der Waals surface area contributed by atoms with Crippen LogP contribution >= 0.6 is 24.0 Å². The van der Waals surface area contributed by atoms with Crippen molar-refractivity contribution >= 4 is 39.8 Å². The van der Waals surface area contributed by atoms with Gasteiger partial charge in [0.2, 0.25) is 0 Å². The van der Waals surface area contributed by atoms with Crippen molar-refractivity contribution in [1.29, 1.82) is 0 Å². The molecule has 0 saturated carbocycles. The standard InChI is InChI=1S/C19H30N6O2S.HI/c1-3-18-24-23-16-25(18)13-12-22-19(20-4-2)21-11-8-14-28(26,27)15-17-9-6-5-7-10-17;/h5-7,9-10,16H,3-4,8,11-15H2,1-2H3,(H2,20,21,22);1H. The highest BCUT2D eigenvalue weighted by molar-refractivity contribution is 14.0. The summed E-state index contributed by atoms with van der Waals surface area (Å²) in [5.74, 6) is 1.85. The van der Waals surface area contributed by atoms with Crippen LogP contribution in [0.2, 0.25) is 0 Å². The maximum Gasteiger partial charge on any atom is 0.191 e. The summed E-state index contributed by atoms with van der Waals surface area (Å²) in [7, 11) is -3.13. The van der Waals surface area contributed by atoms with Crippen molar-refractivity contribution in [1.82, 2.24) is 25.4 Å². The minimum absolute atomic E-state index is 0. The van der Waals surface area contributed by atoms with Gasteiger partial charge in [-0.2, -0.15) is 0 Å². The molecule has 1 aromatic carbocycles. The summed E-state index contributed by atoms with van der Waals surface area (Å²) >= 11 is 0. The molecule has 1 aromatic heterocycles. The van der Waals surface area contributed by atoms with Crippen molar-refractivity contribution < 1.29 is 8.42 Å². The van der Waals surface area contributed by atoms with Gasteiger partial charge in [-0.3, -0.25) is 4.99 Å². The summed E-state index contributed by atoms with van der Waals surface area (Å²) in [6, 6.07) is 9.26. The summed E-state index contributed by atoms with van der Waals surface area (Å²) in [6.07, 6.45) is 3.06. The molecular weight excluding hydrogens is 503 g/mol. The highest BCUT2D eigenvalue weighted by Gasteiger charge is 2.11. The zero-order valence-corrected chi connectivity index (χ0v) is 20.2. The van der Waals surface area contributed by atoms with Gasteiger partial charge in [-0.15, -0.1) is 34.2 Å². The predicted octanol–water partition coefficient (Wildman–Crippen LogP) is 2.02. The zero-order chi connectivity index (χ0) is 20.2. The van der Waals surface area contributed by atoms with E-state index >= 15 is 0 Å². The second-order valence-corrected chi connectivity index (χ2v) is 8.60. The third-order valence-corrected chi connectivity index (χ3v) is 5.80. The molecule has 0 aliphatic carbocycles. The van der Waals surface area contributed by atoms with Crippen LogP contribution in [0.25, 0.3) is 0 Å². The number of benzene rings is 1. The summed E-state index contributed by atoms with van der Waals surface area (Å²) in [5.41, 5.74) is 0.821. The van der Waals surface area contributed by atoms with Gasteiger partial charge in [-0.25, -0.2) is 8.42 Å². The van der Waals surface area contributed by atoms with E-state index in [1.807, 2.05) is 48.7 Å². The molecule has 2 rings (SSSR count). The lowest BCUT2D eigenvalue weighted by atomic mass is 10.2. The highest BCUT2D eigenvalue weighted by Crippen LogP contribution is 2.07. The van der Waals surface area contributed by atoms with Crippen molar-refractivity contribution in [2.45, 2.75) is 39.0 Å². The minimum Gasteiger partial charge on any atom is -0.357 e. The monoisotopic (exact) mass is 534 g/mol. The van der Waals surface area contributed by atoms with Gasteiger partial charge in [0.1, 0.15) is 12.2 Å². The van der Waals surface area contributed by atoms with Crippen LogP contribution in [0.5, 0.6) is 0 Å². The Hall–Kier alpha value is -1.69. The Bertz CT molecular complexity index is 839. The van der Waals surface area contributed by atoms with Gasteiger partial charge in [-0.1, -0.05) is 37.3 Å². The molecule has 0 spiro atoms. The number of nitrogens with one attached hydrogen (secondary N) is 2. The van der Waals surface area contributed by atoms with Crippen molar-refractivity contribution in [3.05, 3.63) is 48.0 Å². The number of aryl methyl sites for hydroxylation is 1. The average molecular weight is 534 g/mol. The van der Waals surface area contributed by atoms with Gasteiger partial charge in [-0.05, 0) is 18.9 Å². The molecule has 10 heteroatoms. The van der Waals surface area contributed by atoms with Gasteiger partial charge in [0.15, 0.2) is 15.8 Å². The first kappa shape index (κ1) is 25.3. The average Bonchev–Trinajstić information content (AvgIpc) is 3.13. The zero-order valence-electron chi connectivity index (χ0n) is 17.0. The van der Waals surface area contributed by atoms with E-state index in [2.05, 4.69) is 25.8 Å². The number of sulfone groups is 1. The Balaban J connectivity index is 0.00000420. The minimum atomic E-state index is -3.13.